The van der Waals surface area contributed by atoms with Gasteiger partial charge in [0.25, 0.3) is 0 Å². The predicted molar refractivity (Wildman–Crippen MR) is 95.8 cm³/mol. The van der Waals surface area contributed by atoms with E-state index in [4.69, 9.17) is 0 Å². The first-order chi connectivity index (χ1) is 11.1. The number of aromatic nitrogens is 1. The van der Waals surface area contributed by atoms with Crippen LogP contribution < -0.4 is 5.32 Å². The molecule has 0 aliphatic rings. The molecule has 5 heteroatoms. The Bertz CT molecular complexity index is 814. The summed E-state index contributed by atoms with van der Waals surface area (Å²) >= 11 is 1.51. The molecule has 4 nitrogen and oxygen atoms in total. The largest absolute Gasteiger partial charge is 0.301 e. The second-order valence-corrected chi connectivity index (χ2v) is 6.73. The molecule has 118 valence electrons. The molecule has 0 aliphatic carbocycles. The van der Waals surface area contributed by atoms with E-state index < -0.39 is 0 Å². The smallest absolute Gasteiger partial charge is 0.240 e. The van der Waals surface area contributed by atoms with E-state index in [-0.39, 0.29) is 5.91 Å². The molecule has 1 amide bonds. The average Bonchev–Trinajstić information content (AvgIpc) is 2.89. The highest BCUT2D eigenvalue weighted by atomic mass is 32.1. The number of hydrogen-bond donors (Lipinski definition) is 1. The summed E-state index contributed by atoms with van der Waals surface area (Å²) in [6.45, 7) is 3.13. The Morgan fingerprint density at radius 1 is 1.22 bits per heavy atom. The van der Waals surface area contributed by atoms with Gasteiger partial charge in [-0.05, 0) is 37.2 Å². The maximum Gasteiger partial charge on any atom is 0.240 e. The van der Waals surface area contributed by atoms with Crippen molar-refractivity contribution in [3.05, 3.63) is 59.7 Å². The van der Waals surface area contributed by atoms with E-state index in [0.717, 1.165) is 16.8 Å². The summed E-state index contributed by atoms with van der Waals surface area (Å²) < 4.78 is 1.10. The summed E-state index contributed by atoms with van der Waals surface area (Å²) in [6.07, 6.45) is 0. The third kappa shape index (κ3) is 4.15. The van der Waals surface area contributed by atoms with Crippen molar-refractivity contribution in [1.82, 2.24) is 9.88 Å². The summed E-state index contributed by atoms with van der Waals surface area (Å²) in [5.74, 6) is -0.0424. The van der Waals surface area contributed by atoms with Gasteiger partial charge in [-0.2, -0.15) is 0 Å². The minimum atomic E-state index is -0.0424. The quantitative estimate of drug-likeness (QED) is 0.778. The van der Waals surface area contributed by atoms with Crippen LogP contribution in [0.5, 0.6) is 0 Å². The summed E-state index contributed by atoms with van der Waals surface area (Å²) in [7, 11) is 1.94. The van der Waals surface area contributed by atoms with Crippen molar-refractivity contribution in [2.24, 2.45) is 0 Å². The van der Waals surface area contributed by atoms with Gasteiger partial charge in [0.2, 0.25) is 5.91 Å². The zero-order chi connectivity index (χ0) is 16.2. The van der Waals surface area contributed by atoms with Crippen LogP contribution in [0.4, 0.5) is 5.13 Å². The Hall–Kier alpha value is -2.24. The van der Waals surface area contributed by atoms with Crippen LogP contribution in [0.25, 0.3) is 10.2 Å². The van der Waals surface area contributed by atoms with Crippen molar-refractivity contribution in [3.63, 3.8) is 0 Å². The number of amides is 1. The molecule has 0 saturated heterocycles. The molecule has 1 aromatic heterocycles. The maximum atomic E-state index is 12.2. The highest BCUT2D eigenvalue weighted by molar-refractivity contribution is 7.22. The molecule has 0 saturated carbocycles. The monoisotopic (exact) mass is 325 g/mol. The van der Waals surface area contributed by atoms with Gasteiger partial charge in [-0.15, -0.1) is 0 Å². The van der Waals surface area contributed by atoms with Crippen LogP contribution in [-0.2, 0) is 11.3 Å². The van der Waals surface area contributed by atoms with E-state index in [2.05, 4.69) is 35.4 Å². The molecule has 0 aliphatic heterocycles. The number of hydrogen-bond acceptors (Lipinski definition) is 4. The fraction of sp³-hybridized carbons (Fsp3) is 0.222. The number of likely N-dealkylation sites (N-methyl/N-ethyl adjacent to an activating group) is 1. The van der Waals surface area contributed by atoms with Crippen LogP contribution in [0.1, 0.15) is 11.1 Å². The number of carbonyl (C=O) groups excluding carboxylic acids is 1. The lowest BCUT2D eigenvalue weighted by Gasteiger charge is -2.15. The van der Waals surface area contributed by atoms with Gasteiger partial charge in [0, 0.05) is 6.54 Å². The average molecular weight is 325 g/mol. The fourth-order valence-corrected chi connectivity index (χ4v) is 3.42. The minimum absolute atomic E-state index is 0.0424. The topological polar surface area (TPSA) is 45.2 Å². The molecule has 0 bridgehead atoms. The molecular weight excluding hydrogens is 306 g/mol. The summed E-state index contributed by atoms with van der Waals surface area (Å²) in [5, 5.41) is 3.55. The standard InChI is InChI=1S/C18H19N3OS/c1-13-8-9-15-16(10-13)23-18(19-15)20-17(22)12-21(2)11-14-6-4-3-5-7-14/h3-10H,11-12H2,1-2H3,(H,19,20,22). The molecule has 1 heterocycles. The number of aryl methyl sites for hydroxylation is 1. The lowest BCUT2D eigenvalue weighted by atomic mass is 10.2. The van der Waals surface area contributed by atoms with Gasteiger partial charge in [-0.3, -0.25) is 9.69 Å². The summed E-state index contributed by atoms with van der Waals surface area (Å²) in [6, 6.07) is 16.2. The van der Waals surface area contributed by atoms with Gasteiger partial charge in [0.05, 0.1) is 16.8 Å². The number of thiazole rings is 1. The second kappa shape index (κ2) is 6.89. The number of fused-ring (bicyclic) bond motifs is 1. The number of nitrogens with zero attached hydrogens (tertiary/aromatic N) is 2. The van der Waals surface area contributed by atoms with Gasteiger partial charge in [-0.25, -0.2) is 4.98 Å². The first-order valence-electron chi connectivity index (χ1n) is 7.50. The third-order valence-electron chi connectivity index (χ3n) is 3.50. The van der Waals surface area contributed by atoms with Crippen molar-refractivity contribution in [2.75, 3.05) is 18.9 Å². The van der Waals surface area contributed by atoms with E-state index >= 15 is 0 Å². The van der Waals surface area contributed by atoms with E-state index in [0.29, 0.717) is 11.7 Å². The first kappa shape index (κ1) is 15.6. The van der Waals surface area contributed by atoms with Crippen LogP contribution in [0.3, 0.4) is 0 Å². The van der Waals surface area contributed by atoms with Gasteiger partial charge in [-0.1, -0.05) is 47.7 Å². The van der Waals surface area contributed by atoms with Crippen LogP contribution in [-0.4, -0.2) is 29.4 Å². The molecular formula is C18H19N3OS. The highest BCUT2D eigenvalue weighted by Gasteiger charge is 2.10. The van der Waals surface area contributed by atoms with Crippen LogP contribution >= 0.6 is 11.3 Å². The van der Waals surface area contributed by atoms with E-state index in [1.807, 2.05) is 42.3 Å². The van der Waals surface area contributed by atoms with Crippen molar-refractivity contribution < 1.29 is 4.79 Å². The van der Waals surface area contributed by atoms with Gasteiger partial charge in [0.15, 0.2) is 5.13 Å². The number of rotatable bonds is 5. The molecule has 0 spiro atoms. The van der Waals surface area contributed by atoms with Gasteiger partial charge in [0.1, 0.15) is 0 Å². The molecule has 3 aromatic rings. The number of benzene rings is 2. The summed E-state index contributed by atoms with van der Waals surface area (Å²) in [4.78, 5) is 18.6. The molecule has 3 rings (SSSR count). The minimum Gasteiger partial charge on any atom is -0.301 e. The number of anilines is 1. The van der Waals surface area contributed by atoms with Crippen LogP contribution in [0.15, 0.2) is 48.5 Å². The zero-order valence-electron chi connectivity index (χ0n) is 13.2. The molecule has 0 fully saturated rings. The molecule has 0 radical (unpaired) electrons. The SMILES string of the molecule is Cc1ccc2nc(NC(=O)CN(C)Cc3ccccc3)sc2c1. The normalized spacial score (nSPS) is 11.1. The van der Waals surface area contributed by atoms with Crippen molar-refractivity contribution in [3.8, 4) is 0 Å². The fourth-order valence-electron chi connectivity index (χ4n) is 2.44. The molecule has 0 unspecified atom stereocenters. The van der Waals surface area contributed by atoms with E-state index in [1.165, 1.54) is 22.5 Å². The molecule has 1 N–H and O–H groups in total. The molecule has 0 atom stereocenters. The highest BCUT2D eigenvalue weighted by Crippen LogP contribution is 2.26. The maximum absolute atomic E-state index is 12.2. The first-order valence-corrected chi connectivity index (χ1v) is 8.31. The Balaban J connectivity index is 1.59. The Morgan fingerprint density at radius 2 is 2.00 bits per heavy atom. The number of nitrogens with one attached hydrogen (secondary N) is 1. The lowest BCUT2D eigenvalue weighted by Crippen LogP contribution is -2.29. The van der Waals surface area contributed by atoms with Crippen LogP contribution in [0, 0.1) is 6.92 Å². The Morgan fingerprint density at radius 3 is 2.78 bits per heavy atom. The zero-order valence-corrected chi connectivity index (χ0v) is 14.1. The van der Waals surface area contributed by atoms with Crippen molar-refractivity contribution >= 4 is 32.6 Å². The van der Waals surface area contributed by atoms with Gasteiger partial charge >= 0.3 is 0 Å². The van der Waals surface area contributed by atoms with Crippen molar-refractivity contribution in [1.29, 1.82) is 0 Å². The van der Waals surface area contributed by atoms with E-state index in [9.17, 15) is 4.79 Å². The Labute approximate surface area is 139 Å². The van der Waals surface area contributed by atoms with E-state index in [1.54, 1.807) is 0 Å². The third-order valence-corrected chi connectivity index (χ3v) is 4.43. The number of carbonyl (C=O) groups is 1. The Kier molecular flexibility index (Phi) is 4.69. The summed E-state index contributed by atoms with van der Waals surface area (Å²) in [5.41, 5.74) is 3.31. The molecule has 2 aromatic carbocycles. The van der Waals surface area contributed by atoms with Gasteiger partial charge < -0.3 is 5.32 Å². The second-order valence-electron chi connectivity index (χ2n) is 5.70. The van der Waals surface area contributed by atoms with Crippen LogP contribution in [0.2, 0.25) is 0 Å². The van der Waals surface area contributed by atoms with Crippen molar-refractivity contribution in [2.45, 2.75) is 13.5 Å². The predicted octanol–water partition coefficient (Wildman–Crippen LogP) is 3.68. The molecule has 23 heavy (non-hydrogen) atoms. The lowest BCUT2D eigenvalue weighted by molar-refractivity contribution is -0.117.